The van der Waals surface area contributed by atoms with Crippen LogP contribution in [0, 0.1) is 0 Å². The average molecular weight is 425 g/mol. The van der Waals surface area contributed by atoms with Crippen molar-refractivity contribution in [3.8, 4) is 0 Å². The van der Waals surface area contributed by atoms with E-state index in [4.69, 9.17) is 9.72 Å². The number of benzene rings is 2. The van der Waals surface area contributed by atoms with Gasteiger partial charge in [-0.3, -0.25) is 14.2 Å². The van der Waals surface area contributed by atoms with E-state index in [9.17, 15) is 9.59 Å². The fraction of sp³-hybridized carbons (Fsp3) is 0.227. The van der Waals surface area contributed by atoms with Crippen molar-refractivity contribution in [1.82, 2.24) is 9.55 Å². The Labute approximate surface area is 176 Å². The van der Waals surface area contributed by atoms with Crippen LogP contribution in [0.25, 0.3) is 20.3 Å². The zero-order valence-corrected chi connectivity index (χ0v) is 17.6. The number of aromatic nitrogens is 2. The van der Waals surface area contributed by atoms with E-state index in [1.54, 1.807) is 11.5 Å². The Kier molecular flexibility index (Phi) is 5.97. The third kappa shape index (κ3) is 4.21. The number of fused-ring (bicyclic) bond motifs is 3. The second kappa shape index (κ2) is 8.80. The van der Waals surface area contributed by atoms with Gasteiger partial charge in [0.15, 0.2) is 5.16 Å². The highest BCUT2D eigenvalue weighted by atomic mass is 32.2. The van der Waals surface area contributed by atoms with Gasteiger partial charge in [-0.05, 0) is 25.0 Å². The summed E-state index contributed by atoms with van der Waals surface area (Å²) in [5.74, 6) is -0.184. The molecule has 0 aliphatic rings. The molecule has 148 valence electrons. The molecular formula is C22H20N2O3S2. The molecule has 0 radical (unpaired) electrons. The van der Waals surface area contributed by atoms with Crippen LogP contribution in [-0.4, -0.2) is 27.9 Å². The summed E-state index contributed by atoms with van der Waals surface area (Å²) in [5.41, 5.74) is 1.80. The number of hydrogen-bond acceptors (Lipinski definition) is 6. The third-order valence-electron chi connectivity index (χ3n) is 4.54. The molecule has 0 bridgehead atoms. The zero-order chi connectivity index (χ0) is 20.2. The molecule has 4 aromatic rings. The van der Waals surface area contributed by atoms with Crippen molar-refractivity contribution < 1.29 is 9.53 Å². The van der Waals surface area contributed by atoms with Crippen LogP contribution in [0.3, 0.4) is 0 Å². The van der Waals surface area contributed by atoms with Gasteiger partial charge in [0.25, 0.3) is 5.56 Å². The first-order chi connectivity index (χ1) is 14.2. The minimum absolute atomic E-state index is 0.0570. The van der Waals surface area contributed by atoms with Gasteiger partial charge in [0, 0.05) is 16.6 Å². The Bertz CT molecular complexity index is 1220. The molecule has 0 amide bonds. The molecular weight excluding hydrogens is 404 g/mol. The van der Waals surface area contributed by atoms with Crippen LogP contribution in [0.15, 0.2) is 64.5 Å². The lowest BCUT2D eigenvalue weighted by Gasteiger charge is -2.12. The summed E-state index contributed by atoms with van der Waals surface area (Å²) < 4.78 is 8.41. The number of carbonyl (C=O) groups excluding carboxylic acids is 1. The van der Waals surface area contributed by atoms with Crippen LogP contribution < -0.4 is 5.56 Å². The Balaban J connectivity index is 1.76. The van der Waals surface area contributed by atoms with Crippen molar-refractivity contribution in [2.24, 2.45) is 0 Å². The van der Waals surface area contributed by atoms with Crippen molar-refractivity contribution >= 4 is 49.4 Å². The monoisotopic (exact) mass is 424 g/mol. The van der Waals surface area contributed by atoms with Gasteiger partial charge in [0.2, 0.25) is 0 Å². The van der Waals surface area contributed by atoms with Crippen LogP contribution >= 0.6 is 23.1 Å². The predicted octanol–water partition coefficient (Wildman–Crippen LogP) is 4.51. The number of esters is 1. The van der Waals surface area contributed by atoms with Crippen LogP contribution in [0.2, 0.25) is 0 Å². The van der Waals surface area contributed by atoms with E-state index < -0.39 is 0 Å². The molecule has 2 heterocycles. The van der Waals surface area contributed by atoms with Gasteiger partial charge in [-0.2, -0.15) is 0 Å². The van der Waals surface area contributed by atoms with Gasteiger partial charge in [0.1, 0.15) is 4.70 Å². The maximum absolute atomic E-state index is 13.3. The molecule has 5 nitrogen and oxygen atoms in total. The quantitative estimate of drug-likeness (QED) is 0.248. The molecule has 0 aliphatic carbocycles. The molecule has 7 heteroatoms. The fourth-order valence-corrected chi connectivity index (χ4v) is 5.08. The van der Waals surface area contributed by atoms with Gasteiger partial charge in [0.05, 0.1) is 17.9 Å². The first-order valence-electron chi connectivity index (χ1n) is 9.41. The Morgan fingerprint density at radius 2 is 1.90 bits per heavy atom. The van der Waals surface area contributed by atoms with E-state index in [1.807, 2.05) is 54.6 Å². The average Bonchev–Trinajstić information content (AvgIpc) is 3.12. The SMILES string of the molecule is CCOC(=O)CSc1nc2c(sc3ccccc32)c(=O)n1CCc1ccccc1. The van der Waals surface area contributed by atoms with Gasteiger partial charge < -0.3 is 4.74 Å². The van der Waals surface area contributed by atoms with Crippen LogP contribution in [0.4, 0.5) is 0 Å². The Morgan fingerprint density at radius 3 is 2.69 bits per heavy atom. The van der Waals surface area contributed by atoms with Crippen molar-refractivity contribution in [2.45, 2.75) is 25.0 Å². The summed E-state index contributed by atoms with van der Waals surface area (Å²) >= 11 is 2.72. The lowest BCUT2D eigenvalue weighted by atomic mass is 10.1. The first-order valence-corrected chi connectivity index (χ1v) is 11.2. The maximum atomic E-state index is 13.3. The van der Waals surface area contributed by atoms with E-state index in [0.29, 0.717) is 34.9 Å². The normalized spacial score (nSPS) is 11.2. The van der Waals surface area contributed by atoms with Gasteiger partial charge in [-0.25, -0.2) is 4.98 Å². The number of hydrogen-bond donors (Lipinski definition) is 0. The molecule has 0 saturated carbocycles. The molecule has 2 aromatic carbocycles. The molecule has 0 spiro atoms. The van der Waals surface area contributed by atoms with Gasteiger partial charge in [-0.1, -0.05) is 60.3 Å². The smallest absolute Gasteiger partial charge is 0.316 e. The lowest BCUT2D eigenvalue weighted by Crippen LogP contribution is -2.24. The summed E-state index contributed by atoms with van der Waals surface area (Å²) in [6.45, 7) is 2.62. The summed E-state index contributed by atoms with van der Waals surface area (Å²) in [7, 11) is 0. The minimum atomic E-state index is -0.309. The van der Waals surface area contributed by atoms with Crippen LogP contribution in [0.1, 0.15) is 12.5 Å². The van der Waals surface area contributed by atoms with E-state index in [-0.39, 0.29) is 17.3 Å². The van der Waals surface area contributed by atoms with E-state index in [1.165, 1.54) is 23.1 Å². The number of thioether (sulfide) groups is 1. The lowest BCUT2D eigenvalue weighted by molar-refractivity contribution is -0.139. The number of ether oxygens (including phenoxy) is 1. The largest absolute Gasteiger partial charge is 0.465 e. The van der Waals surface area contributed by atoms with Crippen molar-refractivity contribution in [3.05, 3.63) is 70.5 Å². The molecule has 0 unspecified atom stereocenters. The standard InChI is InChI=1S/C22H20N2O3S2/c1-2-27-18(25)14-28-22-23-19-16-10-6-7-11-17(16)29-20(19)21(26)24(22)13-12-15-8-4-3-5-9-15/h3-11H,2,12-14H2,1H3. The van der Waals surface area contributed by atoms with Crippen molar-refractivity contribution in [2.75, 3.05) is 12.4 Å². The number of carbonyl (C=O) groups is 1. The second-order valence-corrected chi connectivity index (χ2v) is 8.45. The first kappa shape index (κ1) is 19.7. The van der Waals surface area contributed by atoms with Gasteiger partial charge >= 0.3 is 5.97 Å². The highest BCUT2D eigenvalue weighted by molar-refractivity contribution is 7.99. The minimum Gasteiger partial charge on any atom is -0.465 e. The molecule has 0 aliphatic heterocycles. The zero-order valence-electron chi connectivity index (χ0n) is 16.0. The molecule has 2 aromatic heterocycles. The molecule has 0 saturated heterocycles. The fourth-order valence-electron chi connectivity index (χ4n) is 3.17. The molecule has 0 fully saturated rings. The summed E-state index contributed by atoms with van der Waals surface area (Å²) in [6, 6.07) is 17.9. The summed E-state index contributed by atoms with van der Waals surface area (Å²) in [4.78, 5) is 30.0. The molecule has 0 N–H and O–H groups in total. The topological polar surface area (TPSA) is 61.2 Å². The Morgan fingerprint density at radius 1 is 1.14 bits per heavy atom. The summed E-state index contributed by atoms with van der Waals surface area (Å²) in [6.07, 6.45) is 0.714. The van der Waals surface area contributed by atoms with Crippen molar-refractivity contribution in [3.63, 3.8) is 0 Å². The van der Waals surface area contributed by atoms with Crippen LogP contribution in [-0.2, 0) is 22.5 Å². The highest BCUT2D eigenvalue weighted by Gasteiger charge is 2.17. The second-order valence-electron chi connectivity index (χ2n) is 6.46. The van der Waals surface area contributed by atoms with E-state index in [2.05, 4.69) is 0 Å². The molecule has 0 atom stereocenters. The maximum Gasteiger partial charge on any atom is 0.316 e. The van der Waals surface area contributed by atoms with E-state index in [0.717, 1.165) is 15.6 Å². The van der Waals surface area contributed by atoms with Crippen molar-refractivity contribution in [1.29, 1.82) is 0 Å². The molecule has 29 heavy (non-hydrogen) atoms. The predicted molar refractivity (Wildman–Crippen MR) is 119 cm³/mol. The number of rotatable bonds is 7. The summed E-state index contributed by atoms with van der Waals surface area (Å²) in [5, 5.41) is 1.52. The Hall–Kier alpha value is -2.64. The number of nitrogens with zero attached hydrogens (tertiary/aromatic N) is 2. The van der Waals surface area contributed by atoms with E-state index >= 15 is 0 Å². The number of thiophene rings is 1. The number of aryl methyl sites for hydroxylation is 1. The molecule has 4 rings (SSSR count). The third-order valence-corrected chi connectivity index (χ3v) is 6.64. The highest BCUT2D eigenvalue weighted by Crippen LogP contribution is 2.31. The van der Waals surface area contributed by atoms with Gasteiger partial charge in [-0.15, -0.1) is 11.3 Å². The van der Waals surface area contributed by atoms with Crippen LogP contribution in [0.5, 0.6) is 0 Å².